The van der Waals surface area contributed by atoms with Crippen LogP contribution in [0, 0.1) is 5.92 Å². The van der Waals surface area contributed by atoms with Crippen LogP contribution in [0.4, 0.5) is 0 Å². The van der Waals surface area contributed by atoms with E-state index in [1.54, 1.807) is 60.0 Å². The zero-order chi connectivity index (χ0) is 25.7. The van der Waals surface area contributed by atoms with Gasteiger partial charge in [0.2, 0.25) is 11.8 Å². The molecule has 0 spiro atoms. The number of rotatable bonds is 7. The summed E-state index contributed by atoms with van der Waals surface area (Å²) in [5.41, 5.74) is 2.72. The lowest BCUT2D eigenvalue weighted by molar-refractivity contribution is -0.130. The molecule has 188 valence electrons. The summed E-state index contributed by atoms with van der Waals surface area (Å²) in [7, 11) is 1.74. The summed E-state index contributed by atoms with van der Waals surface area (Å²) in [6.45, 7) is 4.30. The van der Waals surface area contributed by atoms with Crippen LogP contribution < -0.4 is 4.74 Å². The fraction of sp³-hybridized carbons (Fsp3) is 0.370. The second-order valence-corrected chi connectivity index (χ2v) is 9.25. The monoisotopic (exact) mass is 489 g/mol. The molecule has 0 aliphatic carbocycles. The lowest BCUT2D eigenvalue weighted by Gasteiger charge is -2.37. The summed E-state index contributed by atoms with van der Waals surface area (Å²) in [5.74, 6) is -0.217. The number of nitrogens with zero attached hydrogens (tertiary/aromatic N) is 5. The standard InChI is InChI=1S/C27H31N5O4/c1-18-15-32(19(2)17-33)27(35)23-11-22(21-7-5-9-29-13-21)14-30-26(23)36-24(18)16-31(3)25(34)10-20-6-4-8-28-12-20/h4-9,11-14,18-19,24,33H,10,15-17H2,1-3H3/t18-,19-,24+/m0/s1. The van der Waals surface area contributed by atoms with E-state index in [0.717, 1.165) is 16.7 Å². The third-order valence-corrected chi connectivity index (χ3v) is 6.47. The van der Waals surface area contributed by atoms with E-state index in [2.05, 4.69) is 15.0 Å². The second-order valence-electron chi connectivity index (χ2n) is 9.25. The van der Waals surface area contributed by atoms with Crippen molar-refractivity contribution >= 4 is 11.8 Å². The van der Waals surface area contributed by atoms with Crippen molar-refractivity contribution in [2.75, 3.05) is 26.7 Å². The number of ether oxygens (including phenoxy) is 1. The first kappa shape index (κ1) is 25.2. The highest BCUT2D eigenvalue weighted by atomic mass is 16.5. The molecule has 36 heavy (non-hydrogen) atoms. The molecule has 0 radical (unpaired) electrons. The Morgan fingerprint density at radius 3 is 2.61 bits per heavy atom. The number of hydrogen-bond acceptors (Lipinski definition) is 7. The maximum Gasteiger partial charge on any atom is 0.259 e. The van der Waals surface area contributed by atoms with Crippen molar-refractivity contribution in [2.24, 2.45) is 5.92 Å². The minimum atomic E-state index is -0.412. The maximum absolute atomic E-state index is 13.6. The lowest BCUT2D eigenvalue weighted by atomic mass is 9.99. The molecule has 1 aliphatic heterocycles. The Kier molecular flexibility index (Phi) is 7.90. The highest BCUT2D eigenvalue weighted by Gasteiger charge is 2.34. The van der Waals surface area contributed by atoms with Gasteiger partial charge >= 0.3 is 0 Å². The Morgan fingerprint density at radius 1 is 1.19 bits per heavy atom. The second kappa shape index (κ2) is 11.3. The molecule has 0 unspecified atom stereocenters. The number of amides is 2. The minimum Gasteiger partial charge on any atom is -0.472 e. The molecule has 4 heterocycles. The van der Waals surface area contributed by atoms with Crippen LogP contribution in [0.3, 0.4) is 0 Å². The largest absolute Gasteiger partial charge is 0.472 e. The Labute approximate surface area is 210 Å². The molecular weight excluding hydrogens is 458 g/mol. The van der Waals surface area contributed by atoms with Crippen molar-refractivity contribution < 1.29 is 19.4 Å². The number of fused-ring (bicyclic) bond motifs is 1. The van der Waals surface area contributed by atoms with E-state index in [0.29, 0.717) is 18.7 Å². The van der Waals surface area contributed by atoms with Gasteiger partial charge < -0.3 is 19.6 Å². The molecule has 9 nitrogen and oxygen atoms in total. The van der Waals surface area contributed by atoms with E-state index in [9.17, 15) is 14.7 Å². The van der Waals surface area contributed by atoms with Gasteiger partial charge in [-0.3, -0.25) is 19.6 Å². The molecule has 3 atom stereocenters. The lowest BCUT2D eigenvalue weighted by Crippen LogP contribution is -2.50. The normalized spacial score (nSPS) is 18.4. The Balaban J connectivity index is 1.62. The van der Waals surface area contributed by atoms with E-state index in [1.807, 2.05) is 32.0 Å². The number of likely N-dealkylation sites (N-methyl/N-ethyl adjacent to an activating group) is 1. The van der Waals surface area contributed by atoms with Crippen molar-refractivity contribution in [2.45, 2.75) is 32.4 Å². The number of carbonyl (C=O) groups excluding carboxylic acids is 2. The molecule has 0 bridgehead atoms. The van der Waals surface area contributed by atoms with Crippen molar-refractivity contribution in [3.05, 3.63) is 72.4 Å². The van der Waals surface area contributed by atoms with Crippen LogP contribution in [0.1, 0.15) is 29.8 Å². The molecule has 0 fully saturated rings. The Morgan fingerprint density at radius 2 is 1.94 bits per heavy atom. The van der Waals surface area contributed by atoms with Crippen LogP contribution in [0.15, 0.2) is 61.3 Å². The molecule has 9 heteroatoms. The Bertz CT molecular complexity index is 1190. The van der Waals surface area contributed by atoms with Crippen molar-refractivity contribution in [1.29, 1.82) is 0 Å². The number of carbonyl (C=O) groups is 2. The third-order valence-electron chi connectivity index (χ3n) is 6.47. The fourth-order valence-electron chi connectivity index (χ4n) is 4.20. The van der Waals surface area contributed by atoms with Crippen molar-refractivity contribution in [3.8, 4) is 17.0 Å². The number of aromatic nitrogens is 3. The number of aliphatic hydroxyl groups is 1. The zero-order valence-corrected chi connectivity index (χ0v) is 20.7. The van der Waals surface area contributed by atoms with Crippen LogP contribution in [0.5, 0.6) is 5.88 Å². The van der Waals surface area contributed by atoms with E-state index < -0.39 is 12.1 Å². The van der Waals surface area contributed by atoms with Gasteiger partial charge in [-0.15, -0.1) is 0 Å². The van der Waals surface area contributed by atoms with Gasteiger partial charge in [0.25, 0.3) is 5.91 Å². The van der Waals surface area contributed by atoms with Gasteiger partial charge in [-0.1, -0.05) is 19.1 Å². The molecule has 3 aromatic heterocycles. The van der Waals surface area contributed by atoms with Crippen LogP contribution >= 0.6 is 0 Å². The summed E-state index contributed by atoms with van der Waals surface area (Å²) in [6, 6.07) is 8.75. The van der Waals surface area contributed by atoms with Crippen LogP contribution in [0.25, 0.3) is 11.1 Å². The van der Waals surface area contributed by atoms with Crippen LogP contribution in [-0.4, -0.2) is 80.6 Å². The van der Waals surface area contributed by atoms with E-state index in [1.165, 1.54) is 0 Å². The molecule has 1 aliphatic rings. The van der Waals surface area contributed by atoms with E-state index >= 15 is 0 Å². The topological polar surface area (TPSA) is 109 Å². The first-order chi connectivity index (χ1) is 17.4. The zero-order valence-electron chi connectivity index (χ0n) is 20.7. The predicted octanol–water partition coefficient (Wildman–Crippen LogP) is 2.46. The molecule has 0 aromatic carbocycles. The van der Waals surface area contributed by atoms with E-state index in [-0.39, 0.29) is 36.6 Å². The van der Waals surface area contributed by atoms with Crippen molar-refractivity contribution in [1.82, 2.24) is 24.8 Å². The molecule has 0 saturated carbocycles. The van der Waals surface area contributed by atoms with Gasteiger partial charge in [0.15, 0.2) is 0 Å². The van der Waals surface area contributed by atoms with Gasteiger partial charge in [0.1, 0.15) is 11.7 Å². The summed E-state index contributed by atoms with van der Waals surface area (Å²) in [5, 5.41) is 9.85. The SMILES string of the molecule is C[C@H]1CN([C@@H](C)CO)C(=O)c2cc(-c3cccnc3)cnc2O[C@@H]1CN(C)C(=O)Cc1cccnc1. The minimum absolute atomic E-state index is 0.0578. The van der Waals surface area contributed by atoms with Crippen molar-refractivity contribution in [3.63, 3.8) is 0 Å². The molecule has 2 amide bonds. The maximum atomic E-state index is 13.6. The first-order valence-corrected chi connectivity index (χ1v) is 12.0. The summed E-state index contributed by atoms with van der Waals surface area (Å²) in [6.07, 6.45) is 8.22. The molecular formula is C27H31N5O4. The summed E-state index contributed by atoms with van der Waals surface area (Å²) in [4.78, 5) is 42.5. The summed E-state index contributed by atoms with van der Waals surface area (Å²) >= 11 is 0. The average molecular weight is 490 g/mol. The quantitative estimate of drug-likeness (QED) is 0.543. The highest BCUT2D eigenvalue weighted by molar-refractivity contribution is 5.98. The Hall–Kier alpha value is -3.85. The average Bonchev–Trinajstić information content (AvgIpc) is 2.91. The number of pyridine rings is 3. The highest BCUT2D eigenvalue weighted by Crippen LogP contribution is 2.30. The molecule has 4 rings (SSSR count). The fourth-order valence-corrected chi connectivity index (χ4v) is 4.20. The molecule has 0 saturated heterocycles. The van der Waals surface area contributed by atoms with Crippen LogP contribution in [0.2, 0.25) is 0 Å². The molecule has 1 N–H and O–H groups in total. The third kappa shape index (κ3) is 5.68. The summed E-state index contributed by atoms with van der Waals surface area (Å²) < 4.78 is 6.30. The van der Waals surface area contributed by atoms with E-state index in [4.69, 9.17) is 4.74 Å². The van der Waals surface area contributed by atoms with Gasteiger partial charge in [-0.2, -0.15) is 0 Å². The predicted molar refractivity (Wildman–Crippen MR) is 134 cm³/mol. The smallest absolute Gasteiger partial charge is 0.259 e. The van der Waals surface area contributed by atoms with Gasteiger partial charge in [0, 0.05) is 61.6 Å². The number of hydrogen-bond donors (Lipinski definition) is 1. The first-order valence-electron chi connectivity index (χ1n) is 12.0. The van der Waals surface area contributed by atoms with Gasteiger partial charge in [-0.25, -0.2) is 4.98 Å². The van der Waals surface area contributed by atoms with Gasteiger partial charge in [0.05, 0.1) is 25.6 Å². The van der Waals surface area contributed by atoms with Gasteiger partial charge in [-0.05, 0) is 30.7 Å². The van der Waals surface area contributed by atoms with Crippen LogP contribution in [-0.2, 0) is 11.2 Å². The molecule has 3 aromatic rings. The number of aliphatic hydroxyl groups excluding tert-OH is 1.